The summed E-state index contributed by atoms with van der Waals surface area (Å²) in [6, 6.07) is 22.3. The number of nitro groups is 1. The molecule has 0 N–H and O–H groups in total. The van der Waals surface area contributed by atoms with Crippen molar-refractivity contribution in [1.29, 1.82) is 0 Å². The number of carbonyl (C=O) groups excluding carboxylic acids is 2. The van der Waals surface area contributed by atoms with E-state index in [2.05, 4.69) is 0 Å². The number of nitro benzene ring substituents is 1. The third-order valence-electron chi connectivity index (χ3n) is 3.92. The van der Waals surface area contributed by atoms with Gasteiger partial charge in [-0.25, -0.2) is 4.79 Å². The minimum Gasteiger partial charge on any atom is -0.445 e. The number of carbonyl (C=O) groups is 2. The van der Waals surface area contributed by atoms with Gasteiger partial charge in [-0.15, -0.1) is 0 Å². The maximum Gasteiger partial charge on any atom is 0.339 e. The van der Waals surface area contributed by atoms with Crippen LogP contribution in [0.25, 0.3) is 0 Å². The molecule has 0 fully saturated rings. The number of Topliss-reactive ketones (excluding diaryl/α,β-unsaturated/α-hetero) is 1. The van der Waals surface area contributed by atoms with Gasteiger partial charge in [0.25, 0.3) is 5.69 Å². The average molecular weight is 361 g/mol. The highest BCUT2D eigenvalue weighted by Gasteiger charge is 2.27. The summed E-state index contributed by atoms with van der Waals surface area (Å²) in [5.41, 5.74) is 0.699. The molecule has 3 aromatic rings. The summed E-state index contributed by atoms with van der Waals surface area (Å²) in [7, 11) is 0. The van der Waals surface area contributed by atoms with Crippen molar-refractivity contribution >= 4 is 17.4 Å². The van der Waals surface area contributed by atoms with Gasteiger partial charge in [-0.05, 0) is 6.07 Å². The summed E-state index contributed by atoms with van der Waals surface area (Å²) in [6.45, 7) is 0. The van der Waals surface area contributed by atoms with Crippen LogP contribution in [-0.2, 0) is 4.74 Å². The summed E-state index contributed by atoms with van der Waals surface area (Å²) in [5, 5.41) is 10.9. The number of non-ortho nitro benzene ring substituents is 1. The van der Waals surface area contributed by atoms with Crippen molar-refractivity contribution in [1.82, 2.24) is 0 Å². The van der Waals surface area contributed by atoms with E-state index in [0.29, 0.717) is 11.1 Å². The van der Waals surface area contributed by atoms with Crippen LogP contribution in [0, 0.1) is 10.1 Å². The highest BCUT2D eigenvalue weighted by atomic mass is 16.6. The molecule has 0 spiro atoms. The number of nitrogens with zero attached hydrogens (tertiary/aromatic N) is 1. The second kappa shape index (κ2) is 8.05. The number of benzene rings is 3. The van der Waals surface area contributed by atoms with Gasteiger partial charge in [0.15, 0.2) is 6.10 Å². The first-order chi connectivity index (χ1) is 13.1. The molecule has 0 bridgehead atoms. The van der Waals surface area contributed by atoms with Crippen LogP contribution in [0.5, 0.6) is 0 Å². The van der Waals surface area contributed by atoms with Gasteiger partial charge in [0.05, 0.1) is 10.5 Å². The minimum absolute atomic E-state index is 0.00555. The number of hydrogen-bond acceptors (Lipinski definition) is 5. The molecule has 3 rings (SSSR count). The molecular formula is C21H15NO5. The lowest BCUT2D eigenvalue weighted by atomic mass is 10.00. The van der Waals surface area contributed by atoms with E-state index in [1.807, 2.05) is 0 Å². The van der Waals surface area contributed by atoms with Crippen molar-refractivity contribution in [3.05, 3.63) is 112 Å². The van der Waals surface area contributed by atoms with Gasteiger partial charge in [0.1, 0.15) is 0 Å². The molecule has 0 aliphatic carbocycles. The van der Waals surface area contributed by atoms with Crippen LogP contribution in [0.2, 0.25) is 0 Å². The van der Waals surface area contributed by atoms with Gasteiger partial charge in [0.2, 0.25) is 5.78 Å². The number of ketones is 1. The van der Waals surface area contributed by atoms with Crippen molar-refractivity contribution in [2.24, 2.45) is 0 Å². The fraction of sp³-hybridized carbons (Fsp3) is 0.0476. The topological polar surface area (TPSA) is 86.5 Å². The molecule has 3 aromatic carbocycles. The zero-order chi connectivity index (χ0) is 19.2. The van der Waals surface area contributed by atoms with Crippen LogP contribution >= 0.6 is 0 Å². The highest BCUT2D eigenvalue weighted by molar-refractivity contribution is 6.02. The monoisotopic (exact) mass is 361 g/mol. The number of esters is 1. The molecule has 0 saturated heterocycles. The summed E-state index contributed by atoms with van der Waals surface area (Å²) in [6.07, 6.45) is -1.15. The highest BCUT2D eigenvalue weighted by Crippen LogP contribution is 2.25. The molecule has 0 saturated carbocycles. The van der Waals surface area contributed by atoms with Crippen molar-refractivity contribution in [2.75, 3.05) is 0 Å². The lowest BCUT2D eigenvalue weighted by molar-refractivity contribution is -0.384. The third-order valence-corrected chi connectivity index (χ3v) is 3.92. The van der Waals surface area contributed by atoms with Gasteiger partial charge >= 0.3 is 5.97 Å². The lowest BCUT2D eigenvalue weighted by Crippen LogP contribution is -2.20. The van der Waals surface area contributed by atoms with Crippen LogP contribution in [-0.4, -0.2) is 16.7 Å². The zero-order valence-electron chi connectivity index (χ0n) is 14.1. The maximum atomic E-state index is 12.9. The predicted molar refractivity (Wildman–Crippen MR) is 98.5 cm³/mol. The Morgan fingerprint density at radius 1 is 0.815 bits per heavy atom. The summed E-state index contributed by atoms with van der Waals surface area (Å²) in [5.74, 6) is -1.18. The van der Waals surface area contributed by atoms with E-state index >= 15 is 0 Å². The summed E-state index contributed by atoms with van der Waals surface area (Å²) in [4.78, 5) is 35.8. The van der Waals surface area contributed by atoms with E-state index in [1.165, 1.54) is 18.2 Å². The van der Waals surface area contributed by atoms with E-state index in [-0.39, 0.29) is 17.0 Å². The Morgan fingerprint density at radius 2 is 1.41 bits per heavy atom. The Balaban J connectivity index is 1.92. The van der Waals surface area contributed by atoms with Crippen LogP contribution in [0.4, 0.5) is 5.69 Å². The SMILES string of the molecule is O=C(O[C@@H](C(=O)c1ccccc1)c1ccccc1)c1cccc([N+](=O)[O-])c1. The van der Waals surface area contributed by atoms with Crippen LogP contribution in [0.1, 0.15) is 32.4 Å². The van der Waals surface area contributed by atoms with Crippen molar-refractivity contribution in [3.63, 3.8) is 0 Å². The Kier molecular flexibility index (Phi) is 5.37. The molecule has 0 aliphatic rings. The number of hydrogen-bond donors (Lipinski definition) is 0. The van der Waals surface area contributed by atoms with E-state index in [1.54, 1.807) is 60.7 Å². The number of ether oxygens (including phenoxy) is 1. The molecule has 6 heteroatoms. The Hall–Kier alpha value is -3.80. The molecule has 0 unspecified atom stereocenters. The van der Waals surface area contributed by atoms with E-state index in [9.17, 15) is 19.7 Å². The van der Waals surface area contributed by atoms with Gasteiger partial charge in [-0.2, -0.15) is 0 Å². The second-order valence-electron chi connectivity index (χ2n) is 5.73. The van der Waals surface area contributed by atoms with Gasteiger partial charge < -0.3 is 4.74 Å². The fourth-order valence-corrected chi connectivity index (χ4v) is 2.58. The molecule has 1 atom stereocenters. The van der Waals surface area contributed by atoms with Gasteiger partial charge in [-0.3, -0.25) is 14.9 Å². The first-order valence-corrected chi connectivity index (χ1v) is 8.16. The van der Waals surface area contributed by atoms with E-state index < -0.39 is 17.0 Å². The third kappa shape index (κ3) is 4.24. The fourth-order valence-electron chi connectivity index (χ4n) is 2.58. The molecule has 0 aromatic heterocycles. The van der Waals surface area contributed by atoms with E-state index in [0.717, 1.165) is 6.07 Å². The maximum absolute atomic E-state index is 12.9. The second-order valence-corrected chi connectivity index (χ2v) is 5.73. The first-order valence-electron chi connectivity index (χ1n) is 8.16. The van der Waals surface area contributed by atoms with Crippen LogP contribution < -0.4 is 0 Å². The molecular weight excluding hydrogens is 346 g/mol. The van der Waals surface area contributed by atoms with Crippen LogP contribution in [0.15, 0.2) is 84.9 Å². The van der Waals surface area contributed by atoms with Gasteiger partial charge in [0, 0.05) is 23.3 Å². The molecule has 27 heavy (non-hydrogen) atoms. The molecule has 0 amide bonds. The molecule has 0 radical (unpaired) electrons. The molecule has 134 valence electrons. The smallest absolute Gasteiger partial charge is 0.339 e. The molecule has 0 aliphatic heterocycles. The number of rotatable bonds is 6. The van der Waals surface area contributed by atoms with Crippen molar-refractivity contribution in [2.45, 2.75) is 6.10 Å². The van der Waals surface area contributed by atoms with Gasteiger partial charge in [-0.1, -0.05) is 66.7 Å². The summed E-state index contributed by atoms with van der Waals surface area (Å²) >= 11 is 0. The van der Waals surface area contributed by atoms with Crippen LogP contribution in [0.3, 0.4) is 0 Å². The quantitative estimate of drug-likeness (QED) is 0.281. The van der Waals surface area contributed by atoms with Crippen molar-refractivity contribution < 1.29 is 19.2 Å². The first kappa shape index (κ1) is 18.0. The molecule has 0 heterocycles. The Morgan fingerprint density at radius 3 is 2.04 bits per heavy atom. The zero-order valence-corrected chi connectivity index (χ0v) is 14.1. The minimum atomic E-state index is -1.15. The normalized spacial score (nSPS) is 11.4. The van der Waals surface area contributed by atoms with Crippen molar-refractivity contribution in [3.8, 4) is 0 Å². The largest absolute Gasteiger partial charge is 0.445 e. The molecule has 6 nitrogen and oxygen atoms in total. The standard InChI is InChI=1S/C21H15NO5/c23-19(15-8-3-1-4-9-15)20(16-10-5-2-6-11-16)27-21(24)17-12-7-13-18(14-17)22(25)26/h1-14,20H/t20-/m1/s1. The predicted octanol–water partition coefficient (Wildman–Crippen LogP) is 4.38. The Labute approximate surface area is 155 Å². The van der Waals surface area contributed by atoms with E-state index in [4.69, 9.17) is 4.74 Å². The Bertz CT molecular complexity index is 970. The average Bonchev–Trinajstić information content (AvgIpc) is 2.72. The lowest BCUT2D eigenvalue weighted by Gasteiger charge is -2.17. The summed E-state index contributed by atoms with van der Waals surface area (Å²) < 4.78 is 5.46.